The van der Waals surface area contributed by atoms with Crippen molar-refractivity contribution < 1.29 is 14.6 Å². The van der Waals surface area contributed by atoms with Crippen LogP contribution in [0.25, 0.3) is 0 Å². The summed E-state index contributed by atoms with van der Waals surface area (Å²) in [7, 11) is 1.70. The zero-order valence-electron chi connectivity index (χ0n) is 8.11. The van der Waals surface area contributed by atoms with Crippen molar-refractivity contribution in [2.75, 3.05) is 13.7 Å². The molecule has 76 valence electrons. The Morgan fingerprint density at radius 3 is 2.77 bits per heavy atom. The van der Waals surface area contributed by atoms with Crippen LogP contribution in [0.4, 0.5) is 0 Å². The molecule has 0 aromatic heterocycles. The summed E-state index contributed by atoms with van der Waals surface area (Å²) in [4.78, 5) is 0. The van der Waals surface area contributed by atoms with Crippen molar-refractivity contribution in [3.8, 4) is 0 Å². The molecule has 0 amide bonds. The molecule has 1 saturated carbocycles. The second kappa shape index (κ2) is 5.25. The zero-order valence-corrected chi connectivity index (χ0v) is 8.11. The third-order valence-corrected chi connectivity index (χ3v) is 2.67. The molecule has 3 unspecified atom stereocenters. The van der Waals surface area contributed by atoms with E-state index in [-0.39, 0.29) is 18.8 Å². The average molecular weight is 186 g/mol. The van der Waals surface area contributed by atoms with E-state index in [1.54, 1.807) is 7.11 Å². The third kappa shape index (κ3) is 2.71. The first-order chi connectivity index (χ1) is 6.31. The largest absolute Gasteiger partial charge is 0.496 e. The van der Waals surface area contributed by atoms with Gasteiger partial charge in [-0.15, -0.1) is 0 Å². The van der Waals surface area contributed by atoms with Crippen LogP contribution >= 0.6 is 0 Å². The molecule has 3 heteroatoms. The van der Waals surface area contributed by atoms with E-state index in [1.165, 1.54) is 6.26 Å². The van der Waals surface area contributed by atoms with E-state index >= 15 is 0 Å². The van der Waals surface area contributed by atoms with Gasteiger partial charge in [-0.3, -0.25) is 0 Å². The van der Waals surface area contributed by atoms with E-state index in [0.717, 1.165) is 19.3 Å². The Balaban J connectivity index is 2.46. The van der Waals surface area contributed by atoms with Crippen LogP contribution in [0.1, 0.15) is 19.3 Å². The molecule has 0 heterocycles. The molecule has 1 aliphatic carbocycles. The standard InChI is InChI=1S/C10H18O3/c1-3-13-10-6-8(7-11)4-5-9(10)12-2/h3,8-11H,1,4-7H2,2H3. The SMILES string of the molecule is C=COC1CC(CO)CCC1OC. The van der Waals surface area contributed by atoms with Crippen molar-refractivity contribution >= 4 is 0 Å². The van der Waals surface area contributed by atoms with Crippen molar-refractivity contribution in [1.29, 1.82) is 0 Å². The van der Waals surface area contributed by atoms with Crippen molar-refractivity contribution in [1.82, 2.24) is 0 Å². The van der Waals surface area contributed by atoms with Crippen molar-refractivity contribution in [2.24, 2.45) is 5.92 Å². The van der Waals surface area contributed by atoms with Crippen LogP contribution in [0.5, 0.6) is 0 Å². The molecule has 0 saturated heterocycles. The minimum atomic E-state index is 0.0633. The van der Waals surface area contributed by atoms with Crippen LogP contribution in [-0.4, -0.2) is 31.0 Å². The van der Waals surface area contributed by atoms with Gasteiger partial charge in [-0.1, -0.05) is 6.58 Å². The molecular formula is C10H18O3. The van der Waals surface area contributed by atoms with Crippen LogP contribution in [0.15, 0.2) is 12.8 Å². The quantitative estimate of drug-likeness (QED) is 0.673. The molecule has 1 N–H and O–H groups in total. The maximum Gasteiger partial charge on any atom is 0.124 e. The summed E-state index contributed by atoms with van der Waals surface area (Å²) in [5.41, 5.74) is 0. The molecule has 0 spiro atoms. The first-order valence-electron chi connectivity index (χ1n) is 4.71. The molecule has 3 nitrogen and oxygen atoms in total. The summed E-state index contributed by atoms with van der Waals surface area (Å²) in [6, 6.07) is 0. The average Bonchev–Trinajstić information content (AvgIpc) is 2.18. The molecule has 0 aromatic carbocycles. The number of hydrogen-bond donors (Lipinski definition) is 1. The van der Waals surface area contributed by atoms with Gasteiger partial charge in [0.05, 0.1) is 12.4 Å². The first-order valence-corrected chi connectivity index (χ1v) is 4.71. The van der Waals surface area contributed by atoms with Crippen LogP contribution in [0, 0.1) is 5.92 Å². The second-order valence-electron chi connectivity index (χ2n) is 3.48. The van der Waals surface area contributed by atoms with Crippen molar-refractivity contribution in [3.63, 3.8) is 0 Å². The summed E-state index contributed by atoms with van der Waals surface area (Å²) in [5.74, 6) is 0.358. The molecule has 1 fully saturated rings. The van der Waals surface area contributed by atoms with E-state index < -0.39 is 0 Å². The summed E-state index contributed by atoms with van der Waals surface area (Å²) in [6.45, 7) is 3.78. The van der Waals surface area contributed by atoms with Gasteiger partial charge >= 0.3 is 0 Å². The number of aliphatic hydroxyl groups excluding tert-OH is 1. The molecule has 0 aliphatic heterocycles. The number of rotatable bonds is 4. The molecule has 3 atom stereocenters. The van der Waals surface area contributed by atoms with Gasteiger partial charge in [-0.25, -0.2) is 0 Å². The fraction of sp³-hybridized carbons (Fsp3) is 0.800. The highest BCUT2D eigenvalue weighted by molar-refractivity contribution is 4.82. The summed E-state index contributed by atoms with van der Waals surface area (Å²) in [6.07, 6.45) is 4.51. The Hall–Kier alpha value is -0.540. The molecule has 13 heavy (non-hydrogen) atoms. The Morgan fingerprint density at radius 1 is 1.46 bits per heavy atom. The second-order valence-corrected chi connectivity index (χ2v) is 3.48. The predicted octanol–water partition coefficient (Wildman–Crippen LogP) is 1.32. The summed E-state index contributed by atoms with van der Waals surface area (Å²) >= 11 is 0. The number of ether oxygens (including phenoxy) is 2. The Morgan fingerprint density at radius 2 is 2.23 bits per heavy atom. The van der Waals surface area contributed by atoms with Gasteiger partial charge in [0.15, 0.2) is 0 Å². The van der Waals surface area contributed by atoms with E-state index in [1.807, 2.05) is 0 Å². The lowest BCUT2D eigenvalue weighted by molar-refractivity contribution is -0.0615. The van der Waals surface area contributed by atoms with E-state index in [2.05, 4.69) is 6.58 Å². The van der Waals surface area contributed by atoms with Crippen LogP contribution in [-0.2, 0) is 9.47 Å². The number of aliphatic hydroxyl groups is 1. The lowest BCUT2D eigenvalue weighted by Crippen LogP contribution is -2.37. The van der Waals surface area contributed by atoms with E-state index in [4.69, 9.17) is 14.6 Å². The highest BCUT2D eigenvalue weighted by Gasteiger charge is 2.30. The van der Waals surface area contributed by atoms with Crippen LogP contribution < -0.4 is 0 Å². The fourth-order valence-electron chi connectivity index (χ4n) is 1.89. The van der Waals surface area contributed by atoms with Gasteiger partial charge in [-0.05, 0) is 25.2 Å². The van der Waals surface area contributed by atoms with Crippen LogP contribution in [0.2, 0.25) is 0 Å². The van der Waals surface area contributed by atoms with Crippen molar-refractivity contribution in [3.05, 3.63) is 12.8 Å². The molecule has 0 bridgehead atoms. The van der Waals surface area contributed by atoms with E-state index in [9.17, 15) is 0 Å². The third-order valence-electron chi connectivity index (χ3n) is 2.67. The topological polar surface area (TPSA) is 38.7 Å². The monoisotopic (exact) mass is 186 g/mol. The maximum atomic E-state index is 9.01. The van der Waals surface area contributed by atoms with Gasteiger partial charge in [-0.2, -0.15) is 0 Å². The summed E-state index contributed by atoms with van der Waals surface area (Å²) < 4.78 is 10.6. The highest BCUT2D eigenvalue weighted by atomic mass is 16.5. The molecule has 1 aliphatic rings. The first kappa shape index (κ1) is 10.5. The Labute approximate surface area is 79.3 Å². The van der Waals surface area contributed by atoms with Gasteiger partial charge in [0.1, 0.15) is 6.10 Å². The molecule has 0 radical (unpaired) electrons. The minimum Gasteiger partial charge on any atom is -0.496 e. The maximum absolute atomic E-state index is 9.01. The molecular weight excluding hydrogens is 168 g/mol. The van der Waals surface area contributed by atoms with Gasteiger partial charge < -0.3 is 14.6 Å². The van der Waals surface area contributed by atoms with Crippen molar-refractivity contribution in [2.45, 2.75) is 31.5 Å². The Bertz CT molecular complexity index is 158. The van der Waals surface area contributed by atoms with Gasteiger partial charge in [0.2, 0.25) is 0 Å². The van der Waals surface area contributed by atoms with E-state index in [0.29, 0.717) is 5.92 Å². The fourth-order valence-corrected chi connectivity index (χ4v) is 1.89. The number of methoxy groups -OCH3 is 1. The molecule has 1 rings (SSSR count). The lowest BCUT2D eigenvalue weighted by Gasteiger charge is -2.33. The Kier molecular flexibility index (Phi) is 4.25. The lowest BCUT2D eigenvalue weighted by atomic mass is 9.86. The number of hydrogen-bond acceptors (Lipinski definition) is 3. The minimum absolute atomic E-state index is 0.0633. The smallest absolute Gasteiger partial charge is 0.124 e. The zero-order chi connectivity index (χ0) is 9.68. The normalized spacial score (nSPS) is 34.2. The predicted molar refractivity (Wildman–Crippen MR) is 50.3 cm³/mol. The van der Waals surface area contributed by atoms with Crippen LogP contribution in [0.3, 0.4) is 0 Å². The highest BCUT2D eigenvalue weighted by Crippen LogP contribution is 2.28. The van der Waals surface area contributed by atoms with Gasteiger partial charge in [0.25, 0.3) is 0 Å². The molecule has 0 aromatic rings. The van der Waals surface area contributed by atoms with Gasteiger partial charge in [0, 0.05) is 13.7 Å². The summed E-state index contributed by atoms with van der Waals surface area (Å²) in [5, 5.41) is 9.01.